The van der Waals surface area contributed by atoms with Gasteiger partial charge in [-0.3, -0.25) is 0 Å². The van der Waals surface area contributed by atoms with Crippen LogP contribution >= 0.6 is 0 Å². The summed E-state index contributed by atoms with van der Waals surface area (Å²) in [4.78, 5) is 4.78. The van der Waals surface area contributed by atoms with E-state index in [1.165, 1.54) is 72.8 Å². The fraction of sp³-hybridized carbons (Fsp3) is 0.132. The molecule has 272 valence electrons. The highest BCUT2D eigenvalue weighted by atomic mass is 15.2. The molecule has 1 aliphatic carbocycles. The van der Waals surface area contributed by atoms with Crippen molar-refractivity contribution in [3.63, 3.8) is 0 Å². The molecule has 0 saturated heterocycles. The molecule has 0 aliphatic heterocycles. The van der Waals surface area contributed by atoms with E-state index in [4.69, 9.17) is 6.58 Å². The predicted octanol–water partition coefficient (Wildman–Crippen LogP) is 14.5. The topological polar surface area (TPSA) is 6.48 Å². The number of nitrogens with zero attached hydrogens (tertiary/aromatic N) is 2. The summed E-state index contributed by atoms with van der Waals surface area (Å²) in [5.41, 5.74) is 17.7. The Morgan fingerprint density at radius 3 is 1.11 bits per heavy atom. The minimum Gasteiger partial charge on any atom is -0.310 e. The van der Waals surface area contributed by atoms with E-state index in [0.717, 1.165) is 17.8 Å². The number of hydrogen-bond donors (Lipinski definition) is 0. The quantitative estimate of drug-likeness (QED) is 0.145. The molecule has 0 radical (unpaired) electrons. The van der Waals surface area contributed by atoms with Crippen LogP contribution < -0.4 is 9.80 Å². The smallest absolute Gasteiger partial charge is 0.0664 e. The van der Waals surface area contributed by atoms with Gasteiger partial charge in [0.15, 0.2) is 0 Å². The van der Waals surface area contributed by atoms with E-state index in [0.29, 0.717) is 0 Å². The summed E-state index contributed by atoms with van der Waals surface area (Å²) >= 11 is 0. The van der Waals surface area contributed by atoms with Crippen molar-refractivity contribution >= 4 is 34.1 Å². The molecule has 2 nitrogen and oxygen atoms in total. The van der Waals surface area contributed by atoms with Gasteiger partial charge in [-0.2, -0.15) is 0 Å². The van der Waals surface area contributed by atoms with Gasteiger partial charge in [0.2, 0.25) is 0 Å². The van der Waals surface area contributed by atoms with E-state index in [1.807, 2.05) is 6.92 Å². The first-order chi connectivity index (χ1) is 26.8. The minimum atomic E-state index is -0.486. The van der Waals surface area contributed by atoms with Crippen LogP contribution in [0, 0.1) is 27.7 Å². The molecule has 0 atom stereocenters. The fourth-order valence-electron chi connectivity index (χ4n) is 8.27. The van der Waals surface area contributed by atoms with Gasteiger partial charge in [-0.05, 0) is 134 Å². The largest absolute Gasteiger partial charge is 0.310 e. The molecule has 0 unspecified atom stereocenters. The highest BCUT2D eigenvalue weighted by Crippen LogP contribution is 2.53. The summed E-state index contributed by atoms with van der Waals surface area (Å²) in [6.45, 7) is 18.8. The van der Waals surface area contributed by atoms with Gasteiger partial charge in [-0.15, -0.1) is 6.58 Å². The van der Waals surface area contributed by atoms with Gasteiger partial charge >= 0.3 is 0 Å². The van der Waals surface area contributed by atoms with Gasteiger partial charge in [0.25, 0.3) is 0 Å². The molecule has 2 heteroatoms. The van der Waals surface area contributed by atoms with Crippen molar-refractivity contribution in [1.29, 1.82) is 0 Å². The predicted molar refractivity (Wildman–Crippen MR) is 236 cm³/mol. The Kier molecular flexibility index (Phi) is 10.7. The number of allylic oxidation sites excluding steroid dienone is 2. The van der Waals surface area contributed by atoms with E-state index in [-0.39, 0.29) is 0 Å². The number of rotatable bonds is 8. The molecule has 1 aliphatic rings. The number of fused-ring (bicyclic) bond motifs is 1. The maximum atomic E-state index is 4.81. The molecule has 0 bridgehead atoms. The van der Waals surface area contributed by atoms with Gasteiger partial charge in [0.05, 0.1) is 5.41 Å². The van der Waals surface area contributed by atoms with Crippen molar-refractivity contribution < 1.29 is 0 Å². The van der Waals surface area contributed by atoms with Crippen molar-refractivity contribution in [3.8, 4) is 0 Å². The lowest BCUT2D eigenvalue weighted by Crippen LogP contribution is -2.28. The zero-order valence-electron chi connectivity index (χ0n) is 32.8. The van der Waals surface area contributed by atoms with E-state index >= 15 is 0 Å². The normalized spacial score (nSPS) is 12.6. The lowest BCUT2D eigenvalue weighted by atomic mass is 9.68. The summed E-state index contributed by atoms with van der Waals surface area (Å²) in [5.74, 6) is 0. The van der Waals surface area contributed by atoms with Crippen LogP contribution in [0.2, 0.25) is 0 Å². The first kappa shape index (κ1) is 37.0. The molecule has 55 heavy (non-hydrogen) atoms. The summed E-state index contributed by atoms with van der Waals surface area (Å²) in [6.07, 6.45) is 2.59. The zero-order valence-corrected chi connectivity index (χ0v) is 32.8. The minimum absolute atomic E-state index is 0.486. The first-order valence-electron chi connectivity index (χ1n) is 19.2. The maximum Gasteiger partial charge on any atom is 0.0664 e. The van der Waals surface area contributed by atoms with Crippen molar-refractivity contribution in [2.75, 3.05) is 9.80 Å². The van der Waals surface area contributed by atoms with Crippen LogP contribution in [0.25, 0.3) is 0 Å². The number of aryl methyl sites for hydroxylation is 4. The summed E-state index contributed by atoms with van der Waals surface area (Å²) in [7, 11) is 0. The highest BCUT2D eigenvalue weighted by molar-refractivity contribution is 5.82. The number of hydrogen-bond acceptors (Lipinski definition) is 2. The van der Waals surface area contributed by atoms with Crippen LogP contribution in [0.4, 0.5) is 34.1 Å². The first-order valence-corrected chi connectivity index (χ1v) is 19.2. The Bertz CT molecular complexity index is 2220. The average molecular weight is 715 g/mol. The van der Waals surface area contributed by atoms with Crippen molar-refractivity contribution in [3.05, 3.63) is 239 Å². The van der Waals surface area contributed by atoms with Gasteiger partial charge in [0, 0.05) is 34.1 Å². The second-order valence-electron chi connectivity index (χ2n) is 14.5. The van der Waals surface area contributed by atoms with Crippen LogP contribution in [0.1, 0.15) is 51.4 Å². The highest BCUT2D eigenvalue weighted by Gasteiger charge is 2.44. The van der Waals surface area contributed by atoms with E-state index in [1.54, 1.807) is 6.08 Å². The number of anilines is 6. The second kappa shape index (κ2) is 15.9. The second-order valence-corrected chi connectivity index (χ2v) is 14.5. The molecular formula is C53H50N2. The molecular weight excluding hydrogens is 665 g/mol. The van der Waals surface area contributed by atoms with E-state index < -0.39 is 5.41 Å². The molecule has 0 N–H and O–H groups in total. The molecule has 0 aromatic heterocycles. The monoisotopic (exact) mass is 714 g/mol. The third-order valence-corrected chi connectivity index (χ3v) is 10.9. The van der Waals surface area contributed by atoms with Crippen LogP contribution in [-0.2, 0) is 11.8 Å². The molecule has 0 spiro atoms. The van der Waals surface area contributed by atoms with Gasteiger partial charge in [0.1, 0.15) is 0 Å². The number of para-hydroxylation sites is 4. The zero-order chi connectivity index (χ0) is 38.5. The Morgan fingerprint density at radius 2 is 0.764 bits per heavy atom. The number of benzene rings is 7. The third kappa shape index (κ3) is 6.81. The summed E-state index contributed by atoms with van der Waals surface area (Å²) in [5, 5.41) is 0. The van der Waals surface area contributed by atoms with Crippen LogP contribution in [0.3, 0.4) is 0 Å². The molecule has 8 rings (SSSR count). The van der Waals surface area contributed by atoms with Crippen molar-refractivity contribution in [2.45, 2.75) is 46.5 Å². The van der Waals surface area contributed by atoms with Crippen molar-refractivity contribution in [1.82, 2.24) is 0 Å². The van der Waals surface area contributed by atoms with Gasteiger partial charge in [-0.1, -0.05) is 140 Å². The SMILES string of the molecule is C=C1Cc2ccccc2C1(c1ccc(N(c2ccccc2C)c2ccccc2C)cc1)c1ccc(N(c2ccccc2C)c2ccccc2C)cc1.C=CC. The Labute approximate surface area is 328 Å². The lowest BCUT2D eigenvalue weighted by molar-refractivity contribution is 0.752. The fourth-order valence-corrected chi connectivity index (χ4v) is 8.27. The summed E-state index contributed by atoms with van der Waals surface area (Å²) < 4.78 is 0. The van der Waals surface area contributed by atoms with E-state index in [2.05, 4.69) is 214 Å². The Balaban J connectivity index is 0.00000150. The molecule has 7 aromatic rings. The molecule has 0 heterocycles. The molecule has 7 aromatic carbocycles. The average Bonchev–Trinajstić information content (AvgIpc) is 3.51. The third-order valence-electron chi connectivity index (χ3n) is 10.9. The standard InChI is InChI=1S/C50H44N2.C3H6/c1-35-16-6-12-22-46(35)51(47-23-13-7-17-36(47)2)43-30-26-41(27-31-43)50(39(5)34-40-20-10-11-21-45(40)50)42-28-32-44(33-29-42)52(48-24-14-8-18-37(48)3)49-25-15-9-19-38(49)4;1-3-2/h6-33H,5,34H2,1-4H3;3H,1H2,2H3. The lowest BCUT2D eigenvalue weighted by Gasteiger charge is -2.35. The maximum absolute atomic E-state index is 4.81. The van der Waals surface area contributed by atoms with Crippen LogP contribution in [0.5, 0.6) is 0 Å². The summed E-state index contributed by atoms with van der Waals surface area (Å²) in [6, 6.07) is 61.9. The Morgan fingerprint density at radius 1 is 0.455 bits per heavy atom. The Hall–Kier alpha value is -6.38. The van der Waals surface area contributed by atoms with Crippen LogP contribution in [0.15, 0.2) is 195 Å². The van der Waals surface area contributed by atoms with Gasteiger partial charge < -0.3 is 9.80 Å². The molecule has 0 amide bonds. The molecule has 0 fully saturated rings. The van der Waals surface area contributed by atoms with Gasteiger partial charge in [-0.25, -0.2) is 0 Å². The van der Waals surface area contributed by atoms with E-state index in [9.17, 15) is 0 Å². The van der Waals surface area contributed by atoms with Crippen molar-refractivity contribution in [2.24, 2.45) is 0 Å². The van der Waals surface area contributed by atoms with Crippen LogP contribution in [-0.4, -0.2) is 0 Å². The molecule has 0 saturated carbocycles.